The number of benzene rings is 1. The van der Waals surface area contributed by atoms with Gasteiger partial charge in [0.15, 0.2) is 6.29 Å². The normalized spacial score (nSPS) is 12.1. The quantitative estimate of drug-likeness (QED) is 0.793. The lowest BCUT2D eigenvalue weighted by atomic mass is 10.0. The third-order valence-electron chi connectivity index (χ3n) is 2.37. The van der Waals surface area contributed by atoms with E-state index in [0.717, 1.165) is 5.56 Å². The highest BCUT2D eigenvalue weighted by molar-refractivity contribution is 5.76. The van der Waals surface area contributed by atoms with Crippen LogP contribution < -0.4 is 0 Å². The summed E-state index contributed by atoms with van der Waals surface area (Å²) in [6.45, 7) is 0. The van der Waals surface area contributed by atoms with Gasteiger partial charge in [-0.15, -0.1) is 0 Å². The minimum Gasteiger partial charge on any atom is -0.382 e. The van der Waals surface area contributed by atoms with Crippen molar-refractivity contribution in [1.82, 2.24) is 4.98 Å². The zero-order valence-corrected chi connectivity index (χ0v) is 8.58. The minimum absolute atomic E-state index is 0.392. The molecule has 0 amide bonds. The molecule has 1 aromatic heterocycles. The van der Waals surface area contributed by atoms with E-state index in [-0.39, 0.29) is 0 Å². The summed E-state index contributed by atoms with van der Waals surface area (Å²) >= 11 is 0. The molecular formula is C13H11NO2. The van der Waals surface area contributed by atoms with E-state index in [2.05, 4.69) is 4.98 Å². The van der Waals surface area contributed by atoms with Gasteiger partial charge in [0.2, 0.25) is 0 Å². The van der Waals surface area contributed by atoms with Gasteiger partial charge in [0.1, 0.15) is 6.10 Å². The van der Waals surface area contributed by atoms with Gasteiger partial charge in [0, 0.05) is 11.8 Å². The lowest BCUT2D eigenvalue weighted by Crippen LogP contribution is -2.05. The average molecular weight is 213 g/mol. The number of nitrogens with zero attached hydrogens (tertiary/aromatic N) is 1. The Hall–Kier alpha value is -2.00. The Kier molecular flexibility index (Phi) is 3.08. The van der Waals surface area contributed by atoms with E-state index in [0.29, 0.717) is 17.5 Å². The molecule has 0 aliphatic carbocycles. The zero-order chi connectivity index (χ0) is 11.4. The van der Waals surface area contributed by atoms with Crippen molar-refractivity contribution in [2.45, 2.75) is 6.10 Å². The topological polar surface area (TPSA) is 50.2 Å². The fraction of sp³-hybridized carbons (Fsp3) is 0.0769. The first-order valence-electron chi connectivity index (χ1n) is 4.96. The van der Waals surface area contributed by atoms with Crippen molar-refractivity contribution in [2.75, 3.05) is 0 Å². The minimum atomic E-state index is -0.859. The van der Waals surface area contributed by atoms with Crippen molar-refractivity contribution in [3.8, 4) is 0 Å². The summed E-state index contributed by atoms with van der Waals surface area (Å²) in [4.78, 5) is 14.9. The third-order valence-corrected chi connectivity index (χ3v) is 2.37. The van der Waals surface area contributed by atoms with Crippen molar-refractivity contribution < 1.29 is 9.90 Å². The number of carbonyl (C=O) groups excluding carboxylic acids is 1. The third kappa shape index (κ3) is 1.99. The molecule has 80 valence electrons. The molecule has 3 nitrogen and oxygen atoms in total. The molecule has 0 aliphatic heterocycles. The first-order valence-corrected chi connectivity index (χ1v) is 4.96. The first-order chi connectivity index (χ1) is 7.83. The Morgan fingerprint density at radius 1 is 1.12 bits per heavy atom. The standard InChI is InChI=1S/C13H11NO2/c15-9-11-7-4-8-14-12(11)13(16)10-5-2-1-3-6-10/h1-9,13,16H. The molecule has 0 fully saturated rings. The van der Waals surface area contributed by atoms with Gasteiger partial charge in [0.25, 0.3) is 0 Å². The van der Waals surface area contributed by atoms with Crippen LogP contribution in [0, 0.1) is 0 Å². The van der Waals surface area contributed by atoms with Crippen molar-refractivity contribution >= 4 is 6.29 Å². The van der Waals surface area contributed by atoms with Crippen LogP contribution in [0.25, 0.3) is 0 Å². The summed E-state index contributed by atoms with van der Waals surface area (Å²) in [5.74, 6) is 0. The molecule has 16 heavy (non-hydrogen) atoms. The largest absolute Gasteiger partial charge is 0.382 e. The van der Waals surface area contributed by atoms with Crippen molar-refractivity contribution in [1.29, 1.82) is 0 Å². The van der Waals surface area contributed by atoms with E-state index in [4.69, 9.17) is 0 Å². The van der Waals surface area contributed by atoms with Gasteiger partial charge in [-0.05, 0) is 17.7 Å². The van der Waals surface area contributed by atoms with E-state index >= 15 is 0 Å². The predicted molar refractivity (Wildman–Crippen MR) is 60.1 cm³/mol. The second-order valence-corrected chi connectivity index (χ2v) is 3.41. The molecular weight excluding hydrogens is 202 g/mol. The van der Waals surface area contributed by atoms with Crippen LogP contribution in [0.15, 0.2) is 48.7 Å². The maximum Gasteiger partial charge on any atom is 0.152 e. The smallest absolute Gasteiger partial charge is 0.152 e. The summed E-state index contributed by atoms with van der Waals surface area (Å²) in [5.41, 5.74) is 1.53. The molecule has 0 spiro atoms. The van der Waals surface area contributed by atoms with Gasteiger partial charge < -0.3 is 5.11 Å². The summed E-state index contributed by atoms with van der Waals surface area (Å²) in [6, 6.07) is 12.5. The maximum absolute atomic E-state index is 10.8. The molecule has 1 heterocycles. The van der Waals surface area contributed by atoms with Gasteiger partial charge in [-0.1, -0.05) is 30.3 Å². The van der Waals surface area contributed by atoms with Crippen LogP contribution in [0.4, 0.5) is 0 Å². The van der Waals surface area contributed by atoms with Crippen LogP contribution in [0.3, 0.4) is 0 Å². The number of aldehydes is 1. The fourth-order valence-electron chi connectivity index (χ4n) is 1.55. The molecule has 0 bridgehead atoms. The zero-order valence-electron chi connectivity index (χ0n) is 8.58. The number of carbonyl (C=O) groups is 1. The molecule has 0 radical (unpaired) electrons. The number of aliphatic hydroxyl groups excluding tert-OH is 1. The van der Waals surface area contributed by atoms with Gasteiger partial charge >= 0.3 is 0 Å². The molecule has 1 aromatic carbocycles. The summed E-state index contributed by atoms with van der Waals surface area (Å²) in [7, 11) is 0. The summed E-state index contributed by atoms with van der Waals surface area (Å²) in [6.07, 6.45) is 1.41. The van der Waals surface area contributed by atoms with Crippen LogP contribution >= 0.6 is 0 Å². The van der Waals surface area contributed by atoms with Crippen molar-refractivity contribution in [2.24, 2.45) is 0 Å². The van der Waals surface area contributed by atoms with Gasteiger partial charge in [-0.3, -0.25) is 9.78 Å². The van der Waals surface area contributed by atoms with Crippen LogP contribution in [0.1, 0.15) is 27.7 Å². The number of rotatable bonds is 3. The van der Waals surface area contributed by atoms with Crippen LogP contribution in [0.2, 0.25) is 0 Å². The van der Waals surface area contributed by atoms with E-state index < -0.39 is 6.10 Å². The highest BCUT2D eigenvalue weighted by atomic mass is 16.3. The Morgan fingerprint density at radius 2 is 1.88 bits per heavy atom. The number of aromatic nitrogens is 1. The predicted octanol–water partition coefficient (Wildman–Crippen LogP) is 1.98. The highest BCUT2D eigenvalue weighted by Gasteiger charge is 2.14. The second-order valence-electron chi connectivity index (χ2n) is 3.41. The SMILES string of the molecule is O=Cc1cccnc1C(O)c1ccccc1. The van der Waals surface area contributed by atoms with E-state index in [1.54, 1.807) is 30.5 Å². The van der Waals surface area contributed by atoms with Crippen LogP contribution in [-0.4, -0.2) is 16.4 Å². The molecule has 2 aromatic rings. The number of hydrogen-bond acceptors (Lipinski definition) is 3. The lowest BCUT2D eigenvalue weighted by molar-refractivity contribution is 0.111. The second kappa shape index (κ2) is 4.68. The number of aliphatic hydroxyl groups is 1. The molecule has 1 atom stereocenters. The van der Waals surface area contributed by atoms with Crippen molar-refractivity contribution in [3.63, 3.8) is 0 Å². The van der Waals surface area contributed by atoms with Gasteiger partial charge in [-0.2, -0.15) is 0 Å². The highest BCUT2D eigenvalue weighted by Crippen LogP contribution is 2.21. The molecule has 0 aliphatic rings. The van der Waals surface area contributed by atoms with Crippen molar-refractivity contribution in [3.05, 3.63) is 65.5 Å². The average Bonchev–Trinajstić information content (AvgIpc) is 2.39. The summed E-state index contributed by atoms with van der Waals surface area (Å²) < 4.78 is 0. The van der Waals surface area contributed by atoms with Crippen LogP contribution in [0.5, 0.6) is 0 Å². The summed E-state index contributed by atoms with van der Waals surface area (Å²) in [5, 5.41) is 10.1. The molecule has 1 unspecified atom stereocenters. The monoisotopic (exact) mass is 213 g/mol. The Bertz CT molecular complexity index is 482. The number of pyridine rings is 1. The van der Waals surface area contributed by atoms with Gasteiger partial charge in [0.05, 0.1) is 5.69 Å². The Morgan fingerprint density at radius 3 is 2.56 bits per heavy atom. The first kappa shape index (κ1) is 10.5. The molecule has 0 saturated heterocycles. The molecule has 3 heteroatoms. The molecule has 1 N–H and O–H groups in total. The molecule has 2 rings (SSSR count). The van der Waals surface area contributed by atoms with E-state index in [9.17, 15) is 9.90 Å². The van der Waals surface area contributed by atoms with Gasteiger partial charge in [-0.25, -0.2) is 0 Å². The lowest BCUT2D eigenvalue weighted by Gasteiger charge is -2.11. The maximum atomic E-state index is 10.8. The Balaban J connectivity index is 2.41. The number of hydrogen-bond donors (Lipinski definition) is 1. The molecule has 0 saturated carbocycles. The Labute approximate surface area is 93.4 Å². The van der Waals surface area contributed by atoms with E-state index in [1.807, 2.05) is 18.2 Å². The van der Waals surface area contributed by atoms with E-state index in [1.165, 1.54) is 0 Å². The van der Waals surface area contributed by atoms with Crippen LogP contribution in [-0.2, 0) is 0 Å². The fourth-order valence-corrected chi connectivity index (χ4v) is 1.55.